The number of methoxy groups -OCH3 is 1. The third kappa shape index (κ3) is 4.59. The van der Waals surface area contributed by atoms with E-state index in [1.54, 1.807) is 19.3 Å². The summed E-state index contributed by atoms with van der Waals surface area (Å²) in [5.74, 6) is 1.25. The van der Waals surface area contributed by atoms with Crippen molar-refractivity contribution >= 4 is 5.91 Å². The number of hydrogen-bond donors (Lipinski definition) is 1. The van der Waals surface area contributed by atoms with E-state index in [1.807, 2.05) is 18.2 Å². The monoisotopic (exact) mass is 235 g/mol. The van der Waals surface area contributed by atoms with Gasteiger partial charge in [-0.25, -0.2) is 0 Å². The Morgan fingerprint density at radius 2 is 2.12 bits per heavy atom. The van der Waals surface area contributed by atoms with Gasteiger partial charge in [0.1, 0.15) is 0 Å². The van der Waals surface area contributed by atoms with E-state index in [-0.39, 0.29) is 5.91 Å². The van der Waals surface area contributed by atoms with Gasteiger partial charge in [0.25, 0.3) is 0 Å². The molecule has 1 amide bonds. The van der Waals surface area contributed by atoms with Crippen molar-refractivity contribution in [2.75, 3.05) is 20.3 Å². The minimum absolute atomic E-state index is 0.0557. The van der Waals surface area contributed by atoms with Crippen molar-refractivity contribution in [1.82, 2.24) is 5.32 Å². The first-order valence-corrected chi connectivity index (χ1v) is 5.41. The zero-order valence-corrected chi connectivity index (χ0v) is 9.94. The molecule has 0 spiro atoms. The quantitative estimate of drug-likeness (QED) is 0.733. The van der Waals surface area contributed by atoms with E-state index >= 15 is 0 Å². The van der Waals surface area contributed by atoms with E-state index in [0.717, 1.165) is 0 Å². The topological polar surface area (TPSA) is 47.6 Å². The zero-order chi connectivity index (χ0) is 12.5. The molecule has 0 aromatic heterocycles. The highest BCUT2D eigenvalue weighted by atomic mass is 16.5. The smallest absolute Gasteiger partial charge is 0.223 e. The molecule has 0 radical (unpaired) electrons. The van der Waals surface area contributed by atoms with Crippen LogP contribution in [0.2, 0.25) is 0 Å². The van der Waals surface area contributed by atoms with Crippen LogP contribution in [0.25, 0.3) is 0 Å². The van der Waals surface area contributed by atoms with Crippen LogP contribution < -0.4 is 14.8 Å². The third-order valence-electron chi connectivity index (χ3n) is 2.10. The molecule has 0 fully saturated rings. The molecule has 4 heteroatoms. The molecular formula is C13H17NO3. The van der Waals surface area contributed by atoms with Crippen LogP contribution in [0.15, 0.2) is 36.9 Å². The van der Waals surface area contributed by atoms with Gasteiger partial charge in [-0.05, 0) is 12.1 Å². The fourth-order valence-electron chi connectivity index (χ4n) is 1.27. The van der Waals surface area contributed by atoms with Gasteiger partial charge in [-0.2, -0.15) is 0 Å². The van der Waals surface area contributed by atoms with Crippen molar-refractivity contribution in [2.24, 2.45) is 0 Å². The fourth-order valence-corrected chi connectivity index (χ4v) is 1.27. The van der Waals surface area contributed by atoms with Crippen LogP contribution in [-0.2, 0) is 4.79 Å². The number of hydrogen-bond acceptors (Lipinski definition) is 3. The van der Waals surface area contributed by atoms with Gasteiger partial charge in [-0.3, -0.25) is 4.79 Å². The molecule has 0 aliphatic rings. The molecule has 1 N–H and O–H groups in total. The van der Waals surface area contributed by atoms with Crippen LogP contribution in [0.5, 0.6) is 11.5 Å². The van der Waals surface area contributed by atoms with Crippen LogP contribution in [0.1, 0.15) is 6.42 Å². The highest BCUT2D eigenvalue weighted by Crippen LogP contribution is 2.25. The fraction of sp³-hybridized carbons (Fsp3) is 0.308. The summed E-state index contributed by atoms with van der Waals surface area (Å²) in [4.78, 5) is 11.3. The molecule has 4 nitrogen and oxygen atoms in total. The summed E-state index contributed by atoms with van der Waals surface area (Å²) in [6, 6.07) is 7.34. The Morgan fingerprint density at radius 1 is 1.41 bits per heavy atom. The Kier molecular flexibility index (Phi) is 5.64. The lowest BCUT2D eigenvalue weighted by Gasteiger charge is -2.09. The van der Waals surface area contributed by atoms with Crippen molar-refractivity contribution in [1.29, 1.82) is 0 Å². The van der Waals surface area contributed by atoms with E-state index in [9.17, 15) is 4.79 Å². The number of carbonyl (C=O) groups excluding carboxylic acids is 1. The number of amides is 1. The maximum atomic E-state index is 11.3. The Morgan fingerprint density at radius 3 is 2.76 bits per heavy atom. The van der Waals surface area contributed by atoms with Gasteiger partial charge in [0.15, 0.2) is 11.5 Å². The predicted molar refractivity (Wildman–Crippen MR) is 66.3 cm³/mol. The maximum Gasteiger partial charge on any atom is 0.223 e. The number of benzene rings is 1. The molecule has 0 aliphatic heterocycles. The summed E-state index contributed by atoms with van der Waals surface area (Å²) in [5, 5.41) is 2.68. The van der Waals surface area contributed by atoms with Crippen molar-refractivity contribution in [3.8, 4) is 11.5 Å². The minimum Gasteiger partial charge on any atom is -0.493 e. The van der Waals surface area contributed by atoms with Gasteiger partial charge in [-0.15, -0.1) is 6.58 Å². The van der Waals surface area contributed by atoms with Crippen LogP contribution in [-0.4, -0.2) is 26.2 Å². The highest BCUT2D eigenvalue weighted by molar-refractivity contribution is 5.76. The summed E-state index contributed by atoms with van der Waals surface area (Å²) < 4.78 is 10.6. The Balaban J connectivity index is 2.35. The molecule has 0 unspecified atom stereocenters. The summed E-state index contributed by atoms with van der Waals surface area (Å²) in [6.45, 7) is 4.32. The second-order valence-electron chi connectivity index (χ2n) is 3.34. The summed E-state index contributed by atoms with van der Waals surface area (Å²) >= 11 is 0. The largest absolute Gasteiger partial charge is 0.493 e. The standard InChI is InChI=1S/C13H17NO3/c1-3-9-14-13(15)8-10-17-12-7-5-4-6-11(12)16-2/h3-7H,1,8-10H2,2H3,(H,14,15). The minimum atomic E-state index is -0.0557. The summed E-state index contributed by atoms with van der Waals surface area (Å²) in [7, 11) is 1.58. The van der Waals surface area contributed by atoms with Crippen LogP contribution in [0.4, 0.5) is 0 Å². The normalized spacial score (nSPS) is 9.47. The van der Waals surface area contributed by atoms with E-state index < -0.39 is 0 Å². The molecule has 1 rings (SSSR count). The molecule has 0 aliphatic carbocycles. The number of carbonyl (C=O) groups is 1. The lowest BCUT2D eigenvalue weighted by Crippen LogP contribution is -2.24. The van der Waals surface area contributed by atoms with Gasteiger partial charge in [0, 0.05) is 6.54 Å². The number of ether oxygens (including phenoxy) is 2. The van der Waals surface area contributed by atoms with Crippen LogP contribution in [0, 0.1) is 0 Å². The first-order chi connectivity index (χ1) is 8.27. The van der Waals surface area contributed by atoms with Gasteiger partial charge < -0.3 is 14.8 Å². The number of para-hydroxylation sites is 2. The number of nitrogens with one attached hydrogen (secondary N) is 1. The molecule has 0 bridgehead atoms. The third-order valence-corrected chi connectivity index (χ3v) is 2.10. The SMILES string of the molecule is C=CCNC(=O)CCOc1ccccc1OC. The highest BCUT2D eigenvalue weighted by Gasteiger charge is 2.04. The van der Waals surface area contributed by atoms with Crippen LogP contribution in [0.3, 0.4) is 0 Å². The van der Waals surface area contributed by atoms with Gasteiger partial charge >= 0.3 is 0 Å². The molecular weight excluding hydrogens is 218 g/mol. The average Bonchev–Trinajstić information content (AvgIpc) is 2.37. The lowest BCUT2D eigenvalue weighted by atomic mass is 10.3. The molecule has 1 aromatic rings. The second kappa shape index (κ2) is 7.33. The van der Waals surface area contributed by atoms with Crippen LogP contribution >= 0.6 is 0 Å². The Labute approximate surface area is 101 Å². The van der Waals surface area contributed by atoms with Gasteiger partial charge in [0.05, 0.1) is 20.1 Å². The second-order valence-corrected chi connectivity index (χ2v) is 3.34. The molecule has 17 heavy (non-hydrogen) atoms. The molecule has 0 heterocycles. The first-order valence-electron chi connectivity index (χ1n) is 5.41. The van der Waals surface area contributed by atoms with E-state index in [1.165, 1.54) is 0 Å². The lowest BCUT2D eigenvalue weighted by molar-refractivity contribution is -0.121. The molecule has 0 saturated carbocycles. The maximum absolute atomic E-state index is 11.3. The summed E-state index contributed by atoms with van der Waals surface area (Å²) in [6.07, 6.45) is 1.95. The average molecular weight is 235 g/mol. The van der Waals surface area contributed by atoms with Crippen molar-refractivity contribution < 1.29 is 14.3 Å². The van der Waals surface area contributed by atoms with Crippen molar-refractivity contribution in [3.05, 3.63) is 36.9 Å². The molecule has 0 saturated heterocycles. The van der Waals surface area contributed by atoms with Crippen molar-refractivity contribution in [2.45, 2.75) is 6.42 Å². The van der Waals surface area contributed by atoms with Crippen molar-refractivity contribution in [3.63, 3.8) is 0 Å². The molecule has 92 valence electrons. The molecule has 0 atom stereocenters. The predicted octanol–water partition coefficient (Wildman–Crippen LogP) is 1.77. The van der Waals surface area contributed by atoms with E-state index in [2.05, 4.69) is 11.9 Å². The van der Waals surface area contributed by atoms with E-state index in [4.69, 9.17) is 9.47 Å². The van der Waals surface area contributed by atoms with Gasteiger partial charge in [0.2, 0.25) is 5.91 Å². The number of rotatable bonds is 7. The first kappa shape index (κ1) is 13.1. The van der Waals surface area contributed by atoms with E-state index in [0.29, 0.717) is 31.1 Å². The molecule has 1 aromatic carbocycles. The zero-order valence-electron chi connectivity index (χ0n) is 9.94. The Hall–Kier alpha value is -1.97. The van der Waals surface area contributed by atoms with Gasteiger partial charge in [-0.1, -0.05) is 18.2 Å². The summed E-state index contributed by atoms with van der Waals surface area (Å²) in [5.41, 5.74) is 0. The Bertz CT molecular complexity index is 377.